The van der Waals surface area contributed by atoms with Crippen molar-refractivity contribution in [2.24, 2.45) is 5.92 Å². The summed E-state index contributed by atoms with van der Waals surface area (Å²) >= 11 is 0. The molecule has 1 saturated heterocycles. The second-order valence-electron chi connectivity index (χ2n) is 6.61. The molecule has 2 aliphatic rings. The van der Waals surface area contributed by atoms with E-state index in [0.717, 1.165) is 24.5 Å². The molecule has 3 unspecified atom stereocenters. The van der Waals surface area contributed by atoms with E-state index in [1.807, 2.05) is 0 Å². The number of nitrogens with one attached hydrogen (secondary N) is 1. The molecule has 1 aliphatic carbocycles. The number of hydrogen-bond acceptors (Lipinski definition) is 3. The molecule has 3 nitrogen and oxygen atoms in total. The van der Waals surface area contributed by atoms with E-state index in [-0.39, 0.29) is 0 Å². The van der Waals surface area contributed by atoms with Crippen LogP contribution in [0.5, 0.6) is 0 Å². The largest absolute Gasteiger partial charge is 0.314 e. The van der Waals surface area contributed by atoms with Gasteiger partial charge in [-0.15, -0.1) is 0 Å². The molecule has 0 aromatic heterocycles. The van der Waals surface area contributed by atoms with Crippen LogP contribution in [0.2, 0.25) is 0 Å². The molecular weight excluding hydrogens is 246 g/mol. The van der Waals surface area contributed by atoms with Crippen LogP contribution in [0.25, 0.3) is 0 Å². The van der Waals surface area contributed by atoms with Gasteiger partial charge in [-0.3, -0.25) is 4.90 Å². The van der Waals surface area contributed by atoms with Gasteiger partial charge in [-0.05, 0) is 64.3 Å². The molecule has 3 heteroatoms. The summed E-state index contributed by atoms with van der Waals surface area (Å²) in [6.07, 6.45) is 7.07. The van der Waals surface area contributed by atoms with Crippen molar-refractivity contribution in [2.75, 3.05) is 39.3 Å². The summed E-state index contributed by atoms with van der Waals surface area (Å²) in [7, 11) is 0. The highest BCUT2D eigenvalue weighted by Gasteiger charge is 2.29. The Labute approximate surface area is 126 Å². The Morgan fingerprint density at radius 1 is 1.10 bits per heavy atom. The highest BCUT2D eigenvalue weighted by Crippen LogP contribution is 2.29. The van der Waals surface area contributed by atoms with Crippen LogP contribution in [0, 0.1) is 5.92 Å². The van der Waals surface area contributed by atoms with Crippen molar-refractivity contribution >= 4 is 0 Å². The predicted octanol–water partition coefficient (Wildman–Crippen LogP) is 2.57. The van der Waals surface area contributed by atoms with Crippen molar-refractivity contribution in [1.29, 1.82) is 0 Å². The Morgan fingerprint density at radius 3 is 2.60 bits per heavy atom. The Kier molecular flexibility index (Phi) is 6.79. The lowest BCUT2D eigenvalue weighted by atomic mass is 9.99. The fourth-order valence-electron chi connectivity index (χ4n) is 4.32. The van der Waals surface area contributed by atoms with Gasteiger partial charge in [-0.1, -0.05) is 27.2 Å². The molecule has 118 valence electrons. The van der Waals surface area contributed by atoms with Gasteiger partial charge in [0.25, 0.3) is 0 Å². The molecule has 0 radical (unpaired) electrons. The Balaban J connectivity index is 1.70. The van der Waals surface area contributed by atoms with Gasteiger partial charge in [0.15, 0.2) is 0 Å². The highest BCUT2D eigenvalue weighted by atomic mass is 15.2. The van der Waals surface area contributed by atoms with Crippen molar-refractivity contribution in [2.45, 2.75) is 65.0 Å². The first-order valence-electron chi connectivity index (χ1n) is 8.98. The third-order valence-electron chi connectivity index (χ3n) is 5.52. The number of rotatable bonds is 8. The highest BCUT2D eigenvalue weighted by molar-refractivity contribution is 4.86. The van der Waals surface area contributed by atoms with E-state index < -0.39 is 0 Å². The third-order valence-corrected chi connectivity index (χ3v) is 5.52. The molecule has 0 amide bonds. The first-order valence-corrected chi connectivity index (χ1v) is 8.98. The van der Waals surface area contributed by atoms with Crippen LogP contribution in [0.4, 0.5) is 0 Å². The number of likely N-dealkylation sites (N-methyl/N-ethyl adjacent to an activating group) is 1. The molecule has 20 heavy (non-hydrogen) atoms. The van der Waals surface area contributed by atoms with Crippen LogP contribution in [0.15, 0.2) is 0 Å². The SMILES string of the molecule is CCNC1CCCC1CCN1CCC(N(CC)CC)C1. The maximum absolute atomic E-state index is 3.69. The van der Waals surface area contributed by atoms with Crippen molar-refractivity contribution in [3.8, 4) is 0 Å². The molecule has 1 N–H and O–H groups in total. The van der Waals surface area contributed by atoms with Crippen molar-refractivity contribution in [3.05, 3.63) is 0 Å². The van der Waals surface area contributed by atoms with Crippen molar-refractivity contribution in [1.82, 2.24) is 15.1 Å². The van der Waals surface area contributed by atoms with Gasteiger partial charge in [0.1, 0.15) is 0 Å². The normalized spacial score (nSPS) is 31.5. The van der Waals surface area contributed by atoms with E-state index in [9.17, 15) is 0 Å². The molecule has 3 atom stereocenters. The first-order chi connectivity index (χ1) is 9.78. The summed E-state index contributed by atoms with van der Waals surface area (Å²) in [6, 6.07) is 1.62. The minimum Gasteiger partial charge on any atom is -0.314 e. The Bertz CT molecular complexity index is 265. The monoisotopic (exact) mass is 281 g/mol. The van der Waals surface area contributed by atoms with E-state index in [4.69, 9.17) is 0 Å². The van der Waals surface area contributed by atoms with Crippen molar-refractivity contribution in [3.63, 3.8) is 0 Å². The summed E-state index contributed by atoms with van der Waals surface area (Å²) in [4.78, 5) is 5.35. The van der Waals surface area contributed by atoms with Crippen LogP contribution < -0.4 is 5.32 Å². The summed E-state index contributed by atoms with van der Waals surface area (Å²) in [5.41, 5.74) is 0. The molecule has 0 spiro atoms. The molecule has 2 fully saturated rings. The minimum atomic E-state index is 0.807. The van der Waals surface area contributed by atoms with Gasteiger partial charge in [0, 0.05) is 18.6 Å². The average Bonchev–Trinajstić information content (AvgIpc) is 3.08. The van der Waals surface area contributed by atoms with Gasteiger partial charge >= 0.3 is 0 Å². The Hall–Kier alpha value is -0.120. The van der Waals surface area contributed by atoms with Gasteiger partial charge in [-0.25, -0.2) is 0 Å². The smallest absolute Gasteiger partial charge is 0.0235 e. The van der Waals surface area contributed by atoms with Crippen LogP contribution in [-0.4, -0.2) is 61.2 Å². The summed E-state index contributed by atoms with van der Waals surface area (Å²) < 4.78 is 0. The minimum absolute atomic E-state index is 0.807. The standard InChI is InChI=1S/C17H35N3/c1-4-18-17-9-7-8-15(17)10-12-19-13-11-16(14-19)20(5-2)6-3/h15-18H,4-14H2,1-3H3. The van der Waals surface area contributed by atoms with E-state index in [2.05, 4.69) is 35.9 Å². The fourth-order valence-corrected chi connectivity index (χ4v) is 4.32. The molecule has 1 heterocycles. The second kappa shape index (κ2) is 8.35. The molecular formula is C17H35N3. The zero-order chi connectivity index (χ0) is 14.4. The zero-order valence-corrected chi connectivity index (χ0v) is 13.9. The van der Waals surface area contributed by atoms with Crippen LogP contribution >= 0.6 is 0 Å². The number of hydrogen-bond donors (Lipinski definition) is 1. The molecule has 1 aliphatic heterocycles. The van der Waals surface area contributed by atoms with Gasteiger partial charge in [0.05, 0.1) is 0 Å². The quantitative estimate of drug-likeness (QED) is 0.738. The van der Waals surface area contributed by atoms with Gasteiger partial charge in [-0.2, -0.15) is 0 Å². The Morgan fingerprint density at radius 2 is 1.90 bits per heavy atom. The van der Waals surface area contributed by atoms with Crippen LogP contribution in [0.3, 0.4) is 0 Å². The van der Waals surface area contributed by atoms with Crippen molar-refractivity contribution < 1.29 is 0 Å². The molecule has 0 bridgehead atoms. The lowest BCUT2D eigenvalue weighted by Gasteiger charge is -2.27. The van der Waals surface area contributed by atoms with E-state index >= 15 is 0 Å². The molecule has 0 aromatic rings. The van der Waals surface area contributed by atoms with Gasteiger partial charge < -0.3 is 10.2 Å². The zero-order valence-electron chi connectivity index (χ0n) is 13.9. The fraction of sp³-hybridized carbons (Fsp3) is 1.00. The van der Waals surface area contributed by atoms with E-state index in [1.54, 1.807) is 0 Å². The van der Waals surface area contributed by atoms with E-state index in [1.165, 1.54) is 64.8 Å². The van der Waals surface area contributed by atoms with Crippen LogP contribution in [-0.2, 0) is 0 Å². The second-order valence-corrected chi connectivity index (χ2v) is 6.61. The lowest BCUT2D eigenvalue weighted by molar-refractivity contribution is 0.205. The van der Waals surface area contributed by atoms with Gasteiger partial charge in [0.2, 0.25) is 0 Å². The topological polar surface area (TPSA) is 18.5 Å². The maximum atomic E-state index is 3.69. The molecule has 2 rings (SSSR count). The van der Waals surface area contributed by atoms with Crippen LogP contribution in [0.1, 0.15) is 52.9 Å². The summed E-state index contributed by atoms with van der Waals surface area (Å²) in [6.45, 7) is 14.3. The number of likely N-dealkylation sites (tertiary alicyclic amines) is 1. The summed E-state index contributed by atoms with van der Waals surface area (Å²) in [5, 5.41) is 3.69. The maximum Gasteiger partial charge on any atom is 0.0235 e. The average molecular weight is 281 g/mol. The predicted molar refractivity (Wildman–Crippen MR) is 87.2 cm³/mol. The third kappa shape index (κ3) is 4.19. The van der Waals surface area contributed by atoms with E-state index in [0.29, 0.717) is 0 Å². The summed E-state index contributed by atoms with van der Waals surface area (Å²) in [5.74, 6) is 0.933. The molecule has 1 saturated carbocycles. The lowest BCUT2D eigenvalue weighted by Crippen LogP contribution is -2.38. The first kappa shape index (κ1) is 16.3. The molecule has 0 aromatic carbocycles. The number of nitrogens with zero attached hydrogens (tertiary/aromatic N) is 2.